The van der Waals surface area contributed by atoms with Gasteiger partial charge >= 0.3 is 12.0 Å². The second kappa shape index (κ2) is 7.99. The summed E-state index contributed by atoms with van der Waals surface area (Å²) in [7, 11) is 0. The zero-order chi connectivity index (χ0) is 16.8. The molecule has 1 unspecified atom stereocenters. The van der Waals surface area contributed by atoms with E-state index in [1.54, 1.807) is 0 Å². The van der Waals surface area contributed by atoms with E-state index < -0.39 is 5.97 Å². The molecule has 0 saturated heterocycles. The molecule has 23 heavy (non-hydrogen) atoms. The number of nitrogens with one attached hydrogen (secondary N) is 2. The Hall–Kier alpha value is -2.04. The molecule has 1 fully saturated rings. The fourth-order valence-electron chi connectivity index (χ4n) is 3.03. The van der Waals surface area contributed by atoms with Crippen LogP contribution in [-0.4, -0.2) is 23.1 Å². The Morgan fingerprint density at radius 2 is 1.78 bits per heavy atom. The molecule has 0 bridgehead atoms. The Balaban J connectivity index is 1.79. The Kier molecular flexibility index (Phi) is 6.02. The van der Waals surface area contributed by atoms with Gasteiger partial charge in [-0.2, -0.15) is 0 Å². The number of benzene rings is 1. The van der Waals surface area contributed by atoms with Gasteiger partial charge in [-0.3, -0.25) is 4.79 Å². The lowest BCUT2D eigenvalue weighted by Gasteiger charge is -2.27. The molecule has 2 rings (SSSR count). The van der Waals surface area contributed by atoms with Crippen molar-refractivity contribution in [2.45, 2.75) is 58.0 Å². The average molecular weight is 318 g/mol. The Labute approximate surface area is 137 Å². The van der Waals surface area contributed by atoms with Crippen LogP contribution in [0.15, 0.2) is 24.3 Å². The van der Waals surface area contributed by atoms with Gasteiger partial charge in [0.15, 0.2) is 0 Å². The minimum atomic E-state index is -0.725. The number of urea groups is 1. The van der Waals surface area contributed by atoms with Gasteiger partial charge in [-0.1, -0.05) is 31.2 Å². The molecule has 5 nitrogen and oxygen atoms in total. The molecule has 1 aromatic rings. The molecule has 2 amide bonds. The van der Waals surface area contributed by atoms with Crippen molar-refractivity contribution in [3.8, 4) is 0 Å². The zero-order valence-electron chi connectivity index (χ0n) is 13.8. The highest BCUT2D eigenvalue weighted by atomic mass is 16.4. The second-order valence-corrected chi connectivity index (χ2v) is 6.32. The number of hydrogen-bond donors (Lipinski definition) is 3. The number of carboxylic acid groups (broad SMARTS) is 1. The number of aryl methyl sites for hydroxylation is 1. The lowest BCUT2D eigenvalue weighted by Crippen LogP contribution is -2.44. The predicted molar refractivity (Wildman–Crippen MR) is 89.3 cm³/mol. The van der Waals surface area contributed by atoms with E-state index in [4.69, 9.17) is 5.11 Å². The third-order valence-corrected chi connectivity index (χ3v) is 4.65. The van der Waals surface area contributed by atoms with Crippen LogP contribution in [-0.2, 0) is 11.2 Å². The van der Waals surface area contributed by atoms with Crippen molar-refractivity contribution in [3.63, 3.8) is 0 Å². The normalized spacial score (nSPS) is 22.2. The molecule has 0 aromatic heterocycles. The largest absolute Gasteiger partial charge is 0.481 e. The van der Waals surface area contributed by atoms with E-state index >= 15 is 0 Å². The van der Waals surface area contributed by atoms with Crippen molar-refractivity contribution >= 4 is 12.0 Å². The Bertz CT molecular complexity index is 534. The summed E-state index contributed by atoms with van der Waals surface area (Å²) >= 11 is 0. The summed E-state index contributed by atoms with van der Waals surface area (Å²) in [4.78, 5) is 23.0. The van der Waals surface area contributed by atoms with Gasteiger partial charge < -0.3 is 15.7 Å². The molecule has 1 aromatic carbocycles. The maximum atomic E-state index is 12.1. The number of carbonyl (C=O) groups is 2. The summed E-state index contributed by atoms with van der Waals surface area (Å²) in [5, 5.41) is 14.9. The average Bonchev–Trinajstić information content (AvgIpc) is 2.55. The first-order valence-corrected chi connectivity index (χ1v) is 8.38. The van der Waals surface area contributed by atoms with Crippen molar-refractivity contribution < 1.29 is 14.7 Å². The number of rotatable bonds is 5. The van der Waals surface area contributed by atoms with E-state index in [9.17, 15) is 9.59 Å². The van der Waals surface area contributed by atoms with Crippen molar-refractivity contribution in [3.05, 3.63) is 35.4 Å². The van der Waals surface area contributed by atoms with E-state index in [0.29, 0.717) is 12.8 Å². The van der Waals surface area contributed by atoms with Crippen LogP contribution in [0, 0.1) is 5.92 Å². The highest BCUT2D eigenvalue weighted by molar-refractivity contribution is 5.75. The van der Waals surface area contributed by atoms with Gasteiger partial charge in [0.2, 0.25) is 0 Å². The molecule has 0 radical (unpaired) electrons. The minimum absolute atomic E-state index is 0.0590. The van der Waals surface area contributed by atoms with Crippen molar-refractivity contribution in [2.75, 3.05) is 0 Å². The molecule has 0 heterocycles. The van der Waals surface area contributed by atoms with Crippen molar-refractivity contribution in [1.29, 1.82) is 0 Å². The molecule has 0 spiro atoms. The molecule has 3 N–H and O–H groups in total. The van der Waals surface area contributed by atoms with Crippen LogP contribution in [0.4, 0.5) is 4.79 Å². The maximum absolute atomic E-state index is 12.1. The summed E-state index contributed by atoms with van der Waals surface area (Å²) in [5.74, 6) is -0.982. The van der Waals surface area contributed by atoms with Crippen LogP contribution in [0.3, 0.4) is 0 Å². The number of hydrogen-bond acceptors (Lipinski definition) is 2. The van der Waals surface area contributed by atoms with Gasteiger partial charge in [-0.25, -0.2) is 4.79 Å². The Morgan fingerprint density at radius 1 is 1.17 bits per heavy atom. The van der Waals surface area contributed by atoms with E-state index in [2.05, 4.69) is 29.7 Å². The number of carbonyl (C=O) groups excluding carboxylic acids is 1. The lowest BCUT2D eigenvalue weighted by molar-refractivity contribution is -0.142. The molecule has 0 aliphatic heterocycles. The topological polar surface area (TPSA) is 78.4 Å². The zero-order valence-corrected chi connectivity index (χ0v) is 13.8. The summed E-state index contributed by atoms with van der Waals surface area (Å²) in [6.07, 6.45) is 3.72. The van der Waals surface area contributed by atoms with Gasteiger partial charge in [-0.05, 0) is 50.2 Å². The monoisotopic (exact) mass is 318 g/mol. The van der Waals surface area contributed by atoms with Crippen LogP contribution in [0.5, 0.6) is 0 Å². The maximum Gasteiger partial charge on any atom is 0.315 e. The number of amides is 2. The molecule has 1 aliphatic carbocycles. The van der Waals surface area contributed by atoms with Gasteiger partial charge in [-0.15, -0.1) is 0 Å². The fraction of sp³-hybridized carbons (Fsp3) is 0.556. The predicted octanol–water partition coefficient (Wildman–Crippen LogP) is 3.25. The van der Waals surface area contributed by atoms with Gasteiger partial charge in [0.1, 0.15) is 0 Å². The molecule has 1 atom stereocenters. The van der Waals surface area contributed by atoms with Crippen LogP contribution in [0.1, 0.15) is 56.7 Å². The molecule has 5 heteroatoms. The highest BCUT2D eigenvalue weighted by Crippen LogP contribution is 2.24. The third-order valence-electron chi connectivity index (χ3n) is 4.65. The van der Waals surface area contributed by atoms with Crippen molar-refractivity contribution in [2.24, 2.45) is 5.92 Å². The smallest absolute Gasteiger partial charge is 0.315 e. The van der Waals surface area contributed by atoms with Crippen LogP contribution in [0.25, 0.3) is 0 Å². The van der Waals surface area contributed by atoms with Gasteiger partial charge in [0.25, 0.3) is 0 Å². The standard InChI is InChI=1S/C18H26N2O3/c1-3-13-4-6-14(7-5-13)12(2)19-18(23)20-16-10-8-15(9-11-16)17(21)22/h4-7,12,15-16H,3,8-11H2,1-2H3,(H,21,22)(H2,19,20,23). The molecular weight excluding hydrogens is 292 g/mol. The minimum Gasteiger partial charge on any atom is -0.481 e. The van der Waals surface area contributed by atoms with E-state index in [0.717, 1.165) is 24.8 Å². The first-order valence-electron chi connectivity index (χ1n) is 8.38. The van der Waals surface area contributed by atoms with E-state index in [1.165, 1.54) is 5.56 Å². The first kappa shape index (κ1) is 17.3. The lowest BCUT2D eigenvalue weighted by atomic mass is 9.86. The van der Waals surface area contributed by atoms with Gasteiger partial charge in [0.05, 0.1) is 12.0 Å². The summed E-state index contributed by atoms with van der Waals surface area (Å²) in [6.45, 7) is 4.07. The van der Waals surface area contributed by atoms with Crippen LogP contribution in [0.2, 0.25) is 0 Å². The molecular formula is C18H26N2O3. The fourth-order valence-corrected chi connectivity index (χ4v) is 3.03. The van der Waals surface area contributed by atoms with Crippen LogP contribution >= 0.6 is 0 Å². The van der Waals surface area contributed by atoms with Gasteiger partial charge in [0, 0.05) is 6.04 Å². The molecule has 1 saturated carbocycles. The molecule has 1 aliphatic rings. The summed E-state index contributed by atoms with van der Waals surface area (Å²) < 4.78 is 0. The number of aliphatic carboxylic acids is 1. The number of carboxylic acids is 1. The summed E-state index contributed by atoms with van der Waals surface area (Å²) in [5.41, 5.74) is 2.35. The second-order valence-electron chi connectivity index (χ2n) is 6.32. The van der Waals surface area contributed by atoms with Crippen molar-refractivity contribution in [1.82, 2.24) is 10.6 Å². The van der Waals surface area contributed by atoms with E-state index in [-0.39, 0.29) is 24.0 Å². The quantitative estimate of drug-likeness (QED) is 0.780. The van der Waals surface area contributed by atoms with Crippen LogP contribution < -0.4 is 10.6 Å². The highest BCUT2D eigenvalue weighted by Gasteiger charge is 2.26. The third kappa shape index (κ3) is 4.98. The SMILES string of the molecule is CCc1ccc(C(C)NC(=O)NC2CCC(C(=O)O)CC2)cc1. The Morgan fingerprint density at radius 3 is 2.30 bits per heavy atom. The van der Waals surface area contributed by atoms with E-state index in [1.807, 2.05) is 19.1 Å². The first-order chi connectivity index (χ1) is 11.0. The summed E-state index contributed by atoms with van der Waals surface area (Å²) in [6, 6.07) is 8.08. The molecule has 126 valence electrons.